The first-order chi connectivity index (χ1) is 8.63. The van der Waals surface area contributed by atoms with Gasteiger partial charge < -0.3 is 4.74 Å². The van der Waals surface area contributed by atoms with E-state index in [1.165, 1.54) is 4.31 Å². The number of hydrogen-bond donors (Lipinski definition) is 1. The SMILES string of the molecule is CC(C)OCCS(=O)(=O)N1CCCC(S(N)(=O)=O)C1. The number of nitrogens with two attached hydrogens (primary N) is 1. The summed E-state index contributed by atoms with van der Waals surface area (Å²) in [6, 6.07) is 0. The molecule has 0 aromatic carbocycles. The second kappa shape index (κ2) is 6.49. The summed E-state index contributed by atoms with van der Waals surface area (Å²) in [7, 11) is -7.17. The Hall–Kier alpha value is -0.220. The number of sulfonamides is 2. The number of piperidine rings is 1. The van der Waals surface area contributed by atoms with E-state index in [2.05, 4.69) is 0 Å². The first kappa shape index (κ1) is 16.8. The highest BCUT2D eigenvalue weighted by Crippen LogP contribution is 2.18. The van der Waals surface area contributed by atoms with Gasteiger partial charge in [-0.05, 0) is 26.7 Å². The van der Waals surface area contributed by atoms with Gasteiger partial charge in [-0.3, -0.25) is 0 Å². The van der Waals surface area contributed by atoms with Gasteiger partial charge in [0.2, 0.25) is 20.0 Å². The Morgan fingerprint density at radius 2 is 1.95 bits per heavy atom. The molecule has 0 aromatic rings. The molecule has 19 heavy (non-hydrogen) atoms. The zero-order valence-corrected chi connectivity index (χ0v) is 12.9. The maximum atomic E-state index is 12.0. The van der Waals surface area contributed by atoms with E-state index >= 15 is 0 Å². The van der Waals surface area contributed by atoms with Crippen molar-refractivity contribution in [3.8, 4) is 0 Å². The van der Waals surface area contributed by atoms with E-state index in [4.69, 9.17) is 9.88 Å². The summed E-state index contributed by atoms with van der Waals surface area (Å²) in [5, 5.41) is 4.28. The predicted molar refractivity (Wildman–Crippen MR) is 72.6 cm³/mol. The second-order valence-electron chi connectivity index (χ2n) is 4.95. The standard InChI is InChI=1S/C10H22N2O5S2/c1-9(2)17-6-7-18(13,14)12-5-3-4-10(8-12)19(11,15)16/h9-10H,3-8H2,1-2H3,(H2,11,15,16). The van der Waals surface area contributed by atoms with Crippen molar-refractivity contribution in [2.24, 2.45) is 5.14 Å². The average molecular weight is 314 g/mol. The first-order valence-corrected chi connectivity index (χ1v) is 9.46. The van der Waals surface area contributed by atoms with Crippen molar-refractivity contribution >= 4 is 20.0 Å². The molecule has 2 N–H and O–H groups in total. The lowest BCUT2D eigenvalue weighted by Gasteiger charge is -2.30. The Balaban J connectivity index is 2.63. The van der Waals surface area contributed by atoms with Crippen LogP contribution in [0.3, 0.4) is 0 Å². The summed E-state index contributed by atoms with van der Waals surface area (Å²) in [5.74, 6) is -0.136. The van der Waals surface area contributed by atoms with E-state index in [-0.39, 0.29) is 25.0 Å². The van der Waals surface area contributed by atoms with Gasteiger partial charge in [0.25, 0.3) is 0 Å². The van der Waals surface area contributed by atoms with Gasteiger partial charge in [0.05, 0.1) is 23.7 Å². The van der Waals surface area contributed by atoms with E-state index < -0.39 is 25.3 Å². The number of rotatable bonds is 6. The molecule has 0 bridgehead atoms. The van der Waals surface area contributed by atoms with Crippen molar-refractivity contribution in [3.63, 3.8) is 0 Å². The first-order valence-electron chi connectivity index (χ1n) is 6.24. The van der Waals surface area contributed by atoms with Crippen LogP contribution in [0, 0.1) is 0 Å². The van der Waals surface area contributed by atoms with Crippen molar-refractivity contribution in [3.05, 3.63) is 0 Å². The van der Waals surface area contributed by atoms with Gasteiger partial charge in [0, 0.05) is 13.1 Å². The highest BCUT2D eigenvalue weighted by Gasteiger charge is 2.33. The van der Waals surface area contributed by atoms with Gasteiger partial charge in [-0.2, -0.15) is 0 Å². The summed E-state index contributed by atoms with van der Waals surface area (Å²) in [4.78, 5) is 0. The third-order valence-electron chi connectivity index (χ3n) is 2.99. The van der Waals surface area contributed by atoms with Crippen LogP contribution in [-0.2, 0) is 24.8 Å². The molecule has 1 aliphatic heterocycles. The molecule has 1 rings (SSSR count). The maximum Gasteiger partial charge on any atom is 0.216 e. The fraction of sp³-hybridized carbons (Fsp3) is 1.00. The third-order valence-corrected chi connectivity index (χ3v) is 6.11. The molecule has 9 heteroatoms. The molecule has 114 valence electrons. The van der Waals surface area contributed by atoms with Gasteiger partial charge in [-0.15, -0.1) is 0 Å². The van der Waals surface area contributed by atoms with Crippen LogP contribution in [0.1, 0.15) is 26.7 Å². The summed E-state index contributed by atoms with van der Waals surface area (Å²) >= 11 is 0. The molecule has 1 fully saturated rings. The van der Waals surface area contributed by atoms with Crippen molar-refractivity contribution in [2.45, 2.75) is 38.0 Å². The minimum absolute atomic E-state index is 0.0336. The summed E-state index contributed by atoms with van der Waals surface area (Å²) in [6.07, 6.45) is 0.882. The molecule has 1 unspecified atom stereocenters. The van der Waals surface area contributed by atoms with E-state index in [0.717, 1.165) is 0 Å². The molecule has 1 atom stereocenters. The lowest BCUT2D eigenvalue weighted by Crippen LogP contribution is -2.48. The molecular formula is C10H22N2O5S2. The van der Waals surface area contributed by atoms with Crippen molar-refractivity contribution in [2.75, 3.05) is 25.4 Å². The molecule has 1 heterocycles. The number of hydrogen-bond acceptors (Lipinski definition) is 5. The van der Waals surface area contributed by atoms with E-state index in [1.807, 2.05) is 13.8 Å². The normalized spacial score (nSPS) is 22.8. The van der Waals surface area contributed by atoms with Gasteiger partial charge in [-0.1, -0.05) is 0 Å². The summed E-state index contributed by atoms with van der Waals surface area (Å²) in [6.45, 7) is 4.05. The van der Waals surface area contributed by atoms with E-state index in [1.54, 1.807) is 0 Å². The number of primary sulfonamides is 1. The Bertz CT molecular complexity index is 486. The van der Waals surface area contributed by atoms with Gasteiger partial charge in [-0.25, -0.2) is 26.3 Å². The number of nitrogens with zero attached hydrogens (tertiary/aromatic N) is 1. The number of ether oxygens (including phenoxy) is 1. The topological polar surface area (TPSA) is 107 Å². The largest absolute Gasteiger partial charge is 0.378 e. The van der Waals surface area contributed by atoms with Gasteiger partial charge in [0.1, 0.15) is 0 Å². The summed E-state index contributed by atoms with van der Waals surface area (Å²) in [5.41, 5.74) is 0. The molecule has 0 aromatic heterocycles. The second-order valence-corrected chi connectivity index (χ2v) is 8.88. The molecule has 0 aliphatic carbocycles. The fourth-order valence-corrected chi connectivity index (χ4v) is 4.30. The zero-order chi connectivity index (χ0) is 14.7. The highest BCUT2D eigenvalue weighted by molar-refractivity contribution is 7.90. The Morgan fingerprint density at radius 1 is 1.32 bits per heavy atom. The summed E-state index contributed by atoms with van der Waals surface area (Å²) < 4.78 is 53.1. The van der Waals surface area contributed by atoms with Gasteiger partial charge in [0.15, 0.2) is 0 Å². The lowest BCUT2D eigenvalue weighted by molar-refractivity contribution is 0.0906. The van der Waals surface area contributed by atoms with Crippen LogP contribution in [0.15, 0.2) is 0 Å². The van der Waals surface area contributed by atoms with Crippen LogP contribution < -0.4 is 5.14 Å². The minimum atomic E-state index is -3.69. The van der Waals surface area contributed by atoms with Crippen molar-refractivity contribution in [1.82, 2.24) is 4.31 Å². The monoisotopic (exact) mass is 314 g/mol. The quantitative estimate of drug-likeness (QED) is 0.711. The zero-order valence-electron chi connectivity index (χ0n) is 11.3. The van der Waals surface area contributed by atoms with Crippen LogP contribution >= 0.6 is 0 Å². The van der Waals surface area contributed by atoms with Crippen LogP contribution in [-0.4, -0.2) is 57.9 Å². The van der Waals surface area contributed by atoms with Crippen LogP contribution in [0.25, 0.3) is 0 Å². The minimum Gasteiger partial charge on any atom is -0.378 e. The molecule has 0 radical (unpaired) electrons. The lowest BCUT2D eigenvalue weighted by atomic mass is 10.2. The third kappa shape index (κ3) is 5.35. The Kier molecular flexibility index (Phi) is 5.75. The maximum absolute atomic E-state index is 12.0. The van der Waals surface area contributed by atoms with E-state index in [0.29, 0.717) is 19.4 Å². The molecule has 1 saturated heterocycles. The average Bonchev–Trinajstić information content (AvgIpc) is 2.27. The Morgan fingerprint density at radius 3 is 2.47 bits per heavy atom. The molecule has 0 amide bonds. The molecule has 0 spiro atoms. The predicted octanol–water partition coefficient (Wildman–Crippen LogP) is -0.506. The molecular weight excluding hydrogens is 292 g/mol. The van der Waals surface area contributed by atoms with Gasteiger partial charge >= 0.3 is 0 Å². The highest BCUT2D eigenvalue weighted by atomic mass is 32.2. The van der Waals surface area contributed by atoms with Crippen molar-refractivity contribution < 1.29 is 21.6 Å². The van der Waals surface area contributed by atoms with E-state index in [9.17, 15) is 16.8 Å². The van der Waals surface area contributed by atoms with Crippen LogP contribution in [0.5, 0.6) is 0 Å². The van der Waals surface area contributed by atoms with Crippen LogP contribution in [0.2, 0.25) is 0 Å². The van der Waals surface area contributed by atoms with Crippen LogP contribution in [0.4, 0.5) is 0 Å². The smallest absolute Gasteiger partial charge is 0.216 e. The molecule has 1 aliphatic rings. The van der Waals surface area contributed by atoms with Crippen molar-refractivity contribution in [1.29, 1.82) is 0 Å². The molecule has 7 nitrogen and oxygen atoms in total. The fourth-order valence-electron chi connectivity index (χ4n) is 1.94. The molecule has 0 saturated carbocycles. The Labute approximate surface area is 115 Å².